The Hall–Kier alpha value is -2.48. The van der Waals surface area contributed by atoms with E-state index in [4.69, 9.17) is 15.6 Å². The first-order valence-corrected chi connectivity index (χ1v) is 7.48. The fourth-order valence-electron chi connectivity index (χ4n) is 2.63. The van der Waals surface area contributed by atoms with Gasteiger partial charge >= 0.3 is 5.97 Å². The molecule has 1 aliphatic heterocycles. The molecule has 114 valence electrons. The molecule has 0 spiro atoms. The van der Waals surface area contributed by atoms with Crippen LogP contribution in [0.25, 0.3) is 11.1 Å². The predicted molar refractivity (Wildman–Crippen MR) is 83.4 cm³/mol. The predicted octanol–water partition coefficient (Wildman–Crippen LogP) is 2.61. The molecule has 1 saturated heterocycles. The van der Waals surface area contributed by atoms with Crippen LogP contribution in [0.3, 0.4) is 0 Å². The Morgan fingerprint density at radius 1 is 1.41 bits per heavy atom. The number of rotatable bonds is 4. The Bertz CT molecular complexity index is 660. The summed E-state index contributed by atoms with van der Waals surface area (Å²) in [6.07, 6.45) is 7.10. The van der Waals surface area contributed by atoms with E-state index in [2.05, 4.69) is 15.8 Å². The van der Waals surface area contributed by atoms with E-state index in [9.17, 15) is 4.79 Å². The topological polar surface area (TPSA) is 55.6 Å². The lowest BCUT2D eigenvalue weighted by Gasteiger charge is -2.29. The second-order valence-corrected chi connectivity index (χ2v) is 5.35. The number of hydrogen-bond donors (Lipinski definition) is 0. The summed E-state index contributed by atoms with van der Waals surface area (Å²) in [5, 5.41) is 0. The molecule has 0 atom stereocenters. The van der Waals surface area contributed by atoms with Gasteiger partial charge in [-0.15, -0.1) is 12.3 Å². The van der Waals surface area contributed by atoms with E-state index in [1.54, 1.807) is 0 Å². The van der Waals surface area contributed by atoms with E-state index < -0.39 is 0 Å². The largest absolute Gasteiger partial charge is 0.464 e. The van der Waals surface area contributed by atoms with Crippen LogP contribution < -0.4 is 4.90 Å². The van der Waals surface area contributed by atoms with E-state index in [0.717, 1.165) is 37.0 Å². The van der Waals surface area contributed by atoms with E-state index in [-0.39, 0.29) is 11.9 Å². The first kappa shape index (κ1) is 14.5. The zero-order valence-electron chi connectivity index (χ0n) is 12.3. The number of para-hydroxylation sites is 2. The van der Waals surface area contributed by atoms with Crippen LogP contribution in [0, 0.1) is 18.3 Å². The van der Waals surface area contributed by atoms with Crippen LogP contribution in [0.15, 0.2) is 28.7 Å². The van der Waals surface area contributed by atoms with Gasteiger partial charge in [-0.2, -0.15) is 4.98 Å². The van der Waals surface area contributed by atoms with E-state index in [0.29, 0.717) is 19.0 Å². The molecule has 3 rings (SSSR count). The molecule has 1 fully saturated rings. The minimum atomic E-state index is -0.146. The number of ether oxygens (including phenoxy) is 1. The van der Waals surface area contributed by atoms with Crippen LogP contribution in [0.2, 0.25) is 0 Å². The van der Waals surface area contributed by atoms with Crippen molar-refractivity contribution in [1.29, 1.82) is 0 Å². The third-order valence-corrected chi connectivity index (χ3v) is 3.87. The molecule has 0 radical (unpaired) electrons. The van der Waals surface area contributed by atoms with Gasteiger partial charge in [-0.25, -0.2) is 0 Å². The van der Waals surface area contributed by atoms with Crippen molar-refractivity contribution in [1.82, 2.24) is 4.98 Å². The van der Waals surface area contributed by atoms with Crippen molar-refractivity contribution < 1.29 is 13.9 Å². The van der Waals surface area contributed by atoms with Gasteiger partial charge in [-0.1, -0.05) is 12.1 Å². The average molecular weight is 298 g/mol. The molecule has 1 aromatic heterocycles. The summed E-state index contributed by atoms with van der Waals surface area (Å²) in [7, 11) is 0. The fraction of sp³-hybridized carbons (Fsp3) is 0.412. The maximum Gasteiger partial charge on any atom is 0.309 e. The molecule has 0 amide bonds. The average Bonchev–Trinajstić information content (AvgIpc) is 2.99. The minimum absolute atomic E-state index is 0.0570. The number of carbonyl (C=O) groups excluding carboxylic acids is 1. The molecular weight excluding hydrogens is 280 g/mol. The number of carbonyl (C=O) groups is 1. The number of esters is 1. The van der Waals surface area contributed by atoms with Crippen LogP contribution in [0.5, 0.6) is 0 Å². The molecule has 0 saturated carbocycles. The standard InChI is InChI=1S/C17H18N2O3/c1-2-3-12-21-16(20)13-8-10-19(11-9-13)17-18-14-6-4-5-7-15(14)22-17/h1,4-7,13H,3,8-12H2. The fourth-order valence-corrected chi connectivity index (χ4v) is 2.63. The maximum absolute atomic E-state index is 11.9. The van der Waals surface area contributed by atoms with Gasteiger partial charge in [0.05, 0.1) is 5.92 Å². The molecule has 0 aliphatic carbocycles. The van der Waals surface area contributed by atoms with Crippen molar-refractivity contribution in [3.05, 3.63) is 24.3 Å². The summed E-state index contributed by atoms with van der Waals surface area (Å²) in [6, 6.07) is 8.32. The van der Waals surface area contributed by atoms with Crippen molar-refractivity contribution in [2.45, 2.75) is 19.3 Å². The van der Waals surface area contributed by atoms with Gasteiger partial charge in [-0.05, 0) is 25.0 Å². The highest BCUT2D eigenvalue weighted by Gasteiger charge is 2.28. The van der Waals surface area contributed by atoms with Crippen LogP contribution in [0.1, 0.15) is 19.3 Å². The van der Waals surface area contributed by atoms with Gasteiger partial charge < -0.3 is 14.1 Å². The van der Waals surface area contributed by atoms with Crippen molar-refractivity contribution in [3.8, 4) is 12.3 Å². The third kappa shape index (κ3) is 3.06. The molecule has 0 bridgehead atoms. The highest BCUT2D eigenvalue weighted by molar-refractivity contribution is 5.75. The maximum atomic E-state index is 11.9. The van der Waals surface area contributed by atoms with Gasteiger partial charge in [0.25, 0.3) is 6.01 Å². The molecule has 5 nitrogen and oxygen atoms in total. The zero-order valence-corrected chi connectivity index (χ0v) is 12.3. The number of piperidine rings is 1. The van der Waals surface area contributed by atoms with Gasteiger partial charge in [0, 0.05) is 19.5 Å². The van der Waals surface area contributed by atoms with Crippen molar-refractivity contribution in [2.24, 2.45) is 5.92 Å². The zero-order chi connectivity index (χ0) is 15.4. The highest BCUT2D eigenvalue weighted by Crippen LogP contribution is 2.26. The monoisotopic (exact) mass is 298 g/mol. The summed E-state index contributed by atoms with van der Waals surface area (Å²) in [5.74, 6) is 2.26. The number of fused-ring (bicyclic) bond motifs is 1. The number of nitrogens with zero attached hydrogens (tertiary/aromatic N) is 2. The highest BCUT2D eigenvalue weighted by atomic mass is 16.5. The first-order valence-electron chi connectivity index (χ1n) is 7.48. The second kappa shape index (κ2) is 6.52. The Kier molecular flexibility index (Phi) is 4.29. The summed E-state index contributed by atoms with van der Waals surface area (Å²) in [6.45, 7) is 1.78. The summed E-state index contributed by atoms with van der Waals surface area (Å²) >= 11 is 0. The summed E-state index contributed by atoms with van der Waals surface area (Å²) < 4.78 is 10.9. The number of aromatic nitrogens is 1. The minimum Gasteiger partial charge on any atom is -0.464 e. The molecule has 5 heteroatoms. The van der Waals surface area contributed by atoms with Gasteiger partial charge in [0.15, 0.2) is 5.58 Å². The quantitative estimate of drug-likeness (QED) is 0.493. The number of hydrogen-bond acceptors (Lipinski definition) is 5. The van der Waals surface area contributed by atoms with Crippen molar-refractivity contribution in [2.75, 3.05) is 24.6 Å². The molecule has 2 heterocycles. The van der Waals surface area contributed by atoms with Gasteiger partial charge in [-0.3, -0.25) is 4.79 Å². The SMILES string of the molecule is C#CCCOC(=O)C1CCN(c2nc3ccccc3o2)CC1. The first-order chi connectivity index (χ1) is 10.8. The second-order valence-electron chi connectivity index (χ2n) is 5.35. The Labute approximate surface area is 129 Å². The van der Waals surface area contributed by atoms with E-state index in [1.165, 1.54) is 0 Å². The van der Waals surface area contributed by atoms with E-state index in [1.807, 2.05) is 24.3 Å². The number of oxazole rings is 1. The van der Waals surface area contributed by atoms with Crippen LogP contribution in [0.4, 0.5) is 6.01 Å². The smallest absolute Gasteiger partial charge is 0.309 e. The molecule has 0 N–H and O–H groups in total. The lowest BCUT2D eigenvalue weighted by molar-refractivity contribution is -0.149. The molecule has 0 unspecified atom stereocenters. The van der Waals surface area contributed by atoms with Crippen molar-refractivity contribution >= 4 is 23.1 Å². The van der Waals surface area contributed by atoms with Gasteiger partial charge in [0.2, 0.25) is 0 Å². The van der Waals surface area contributed by atoms with Gasteiger partial charge in [0.1, 0.15) is 12.1 Å². The van der Waals surface area contributed by atoms with Crippen LogP contribution in [-0.2, 0) is 9.53 Å². The summed E-state index contributed by atoms with van der Waals surface area (Å²) in [5.41, 5.74) is 1.64. The Morgan fingerprint density at radius 3 is 2.91 bits per heavy atom. The number of terminal acetylenes is 1. The molecular formula is C17H18N2O3. The number of anilines is 1. The van der Waals surface area contributed by atoms with E-state index >= 15 is 0 Å². The molecule has 22 heavy (non-hydrogen) atoms. The summed E-state index contributed by atoms with van der Waals surface area (Å²) in [4.78, 5) is 18.5. The number of benzene rings is 1. The molecule has 1 aromatic carbocycles. The Balaban J connectivity index is 1.57. The Morgan fingerprint density at radius 2 is 2.18 bits per heavy atom. The van der Waals surface area contributed by atoms with Crippen molar-refractivity contribution in [3.63, 3.8) is 0 Å². The third-order valence-electron chi connectivity index (χ3n) is 3.87. The molecule has 2 aromatic rings. The normalized spacial score (nSPS) is 15.7. The van der Waals surface area contributed by atoms with Crippen LogP contribution in [-0.4, -0.2) is 30.6 Å². The lowest BCUT2D eigenvalue weighted by atomic mass is 9.97. The molecule has 1 aliphatic rings. The lowest BCUT2D eigenvalue weighted by Crippen LogP contribution is -2.37. The van der Waals surface area contributed by atoms with Crippen LogP contribution >= 0.6 is 0 Å².